The lowest BCUT2D eigenvalue weighted by Crippen LogP contribution is -2.32. The van der Waals surface area contributed by atoms with Crippen LogP contribution in [0.5, 0.6) is 0 Å². The van der Waals surface area contributed by atoms with Crippen LogP contribution in [0, 0.1) is 60.7 Å². The van der Waals surface area contributed by atoms with Gasteiger partial charge in [-0.25, -0.2) is 4.79 Å². The van der Waals surface area contributed by atoms with Gasteiger partial charge in [-0.3, -0.25) is 109 Å². The number of ether oxygens (including phenoxy) is 2. The molecule has 41 heteroatoms. The number of imide groups is 1. The van der Waals surface area contributed by atoms with Crippen molar-refractivity contribution in [1.82, 2.24) is 9.96 Å². The number of nitrogens with zero attached hydrogens (tertiary/aromatic N) is 8. The number of aliphatic carboxylic acids is 4. The predicted octanol–water partition coefficient (Wildman–Crippen LogP) is 14.9. The number of carboxylic acid groups (broad SMARTS) is 4. The van der Waals surface area contributed by atoms with Gasteiger partial charge in [0.25, 0.3) is 52.4 Å². The molecule has 1 heterocycles. The third-order valence-corrected chi connectivity index (χ3v) is 19.4. The molecule has 10 aromatic carbocycles. The number of benzene rings is 10. The van der Waals surface area contributed by atoms with Gasteiger partial charge in [-0.2, -0.15) is 0 Å². The van der Waals surface area contributed by atoms with Crippen LogP contribution in [0.25, 0.3) is 22.3 Å². The quantitative estimate of drug-likeness (QED) is 0.00539. The SMILES string of the molecule is CCN(CC)CC.O=C(OCC1c2ccccc2-c2ccccc21)ON1C(=O)CCC1=O.O=COCC1c2ccccc2-c2ccccc21.O=Cc1ccccc1[N+](=O)[O-].O=Cc1ccccc1[N+](=O)[O-].[15NH2]C(CC(=O)O)c1ccccc1[N+](=O)[O-].[15NH2]C(CC(=O)O)c1ccccc1[N+](=O)[O-].[15NH2]C(CC(=O)O)c1ccccc1[N+](=O)[O-].[15NH2]C(CC(=O)O)c1ccccc1[N+](=O)[O-].[2HH].[2HH]. The summed E-state index contributed by atoms with van der Waals surface area (Å²) in [7, 11) is 0. The molecule has 4 atom stereocenters. The highest BCUT2D eigenvalue weighted by Crippen LogP contribution is 2.46. The zero-order chi connectivity index (χ0) is 97.0. The first-order valence-electron chi connectivity index (χ1n) is 39.5. The zero-order valence-corrected chi connectivity index (χ0v) is 70.5. The molecular weight excluding hydrogens is 1720 g/mol. The number of carbonyl (C=O) groups is 10. The maximum absolute atomic E-state index is 11.9. The van der Waals surface area contributed by atoms with E-state index in [-0.39, 0.29) is 127 Å². The summed E-state index contributed by atoms with van der Waals surface area (Å²) in [6.07, 6.45) is -1.32. The van der Waals surface area contributed by atoms with Crippen molar-refractivity contribution in [3.8, 4) is 22.3 Å². The predicted molar refractivity (Wildman–Crippen MR) is 477 cm³/mol. The number of aldehydes is 2. The van der Waals surface area contributed by atoms with Crippen LogP contribution in [-0.4, -0.2) is 154 Å². The number of nitrogens with two attached hydrogens (primary N) is 4. The van der Waals surface area contributed by atoms with Gasteiger partial charge in [-0.05, 0) is 76.3 Å². The molecule has 12 N–H and O–H groups in total. The highest BCUT2D eigenvalue weighted by atomic mass is 16.8. The molecule has 0 saturated carbocycles. The molecule has 690 valence electrons. The van der Waals surface area contributed by atoms with Crippen molar-refractivity contribution < 1.29 is 115 Å². The molecule has 41 nitrogen and oxygen atoms in total. The standard InChI is InChI=1S/C19H15NO5.C15H12O2.4C9H10N2O4.2C7H5NO3.C6H15N.2H2/c21-17-9-10-18(22)20(17)25-19(23)24-11-16-14-7-3-1-5-12(14)13-6-2-4-8-15(13)16;16-10-17-9-15-13-7-3-1-5-11(13)12-6-2-4-8-14(12)15;4*10-7(5-9(12)13)6-3-1-2-4-8(6)11(14)15;2*9-5-6-3-1-2-4-7(6)8(10)11;1-4-7(5-2)6-3;;/h1-8,16H,9-11H2;1-8,10,15H,9H2;4*1-4,7H,5,10H2,(H,12,13);2*1-5H;4-6H2,1-3H3;2*1H/i;;4*10+1;;;;2*1+1. The number of carbonyl (C=O) groups excluding carboxylic acids is 6. The van der Waals surface area contributed by atoms with E-state index in [0.717, 1.165) is 22.3 Å². The molecule has 0 bridgehead atoms. The van der Waals surface area contributed by atoms with E-state index in [1.165, 1.54) is 151 Å². The Kier molecular flexibility index (Phi) is 43.1. The van der Waals surface area contributed by atoms with Gasteiger partial charge in [0.05, 0.1) is 66.4 Å². The van der Waals surface area contributed by atoms with Crippen molar-refractivity contribution in [2.45, 2.75) is 95.3 Å². The van der Waals surface area contributed by atoms with Crippen molar-refractivity contribution in [2.24, 2.45) is 22.9 Å². The third-order valence-electron chi connectivity index (χ3n) is 19.4. The van der Waals surface area contributed by atoms with Crippen LogP contribution in [-0.2, 0) is 47.9 Å². The van der Waals surface area contributed by atoms with Gasteiger partial charge in [-0.15, -0.1) is 0 Å². The van der Waals surface area contributed by atoms with Crippen molar-refractivity contribution in [3.05, 3.63) is 359 Å². The second-order valence-corrected chi connectivity index (χ2v) is 27.7. The second-order valence-electron chi connectivity index (χ2n) is 27.7. The van der Waals surface area contributed by atoms with Gasteiger partial charge < -0.3 is 57.7 Å². The fraction of sp³-hybridized carbons (Fsp3) is 0.222. The van der Waals surface area contributed by atoms with Crippen molar-refractivity contribution in [2.75, 3.05) is 32.8 Å². The summed E-state index contributed by atoms with van der Waals surface area (Å²) in [4.78, 5) is 174. The molecular formula is C90H96N12O29. The second kappa shape index (κ2) is 53.7. The Labute approximate surface area is 749 Å². The fourth-order valence-electron chi connectivity index (χ4n) is 13.2. The molecule has 0 aromatic heterocycles. The number of rotatable bonds is 29. The van der Waals surface area contributed by atoms with E-state index in [1.54, 1.807) is 36.4 Å². The van der Waals surface area contributed by atoms with Crippen molar-refractivity contribution in [1.29, 1.82) is 0 Å². The van der Waals surface area contributed by atoms with Gasteiger partial charge in [-0.1, -0.05) is 220 Å². The number of fused-ring (bicyclic) bond motifs is 6. The molecule has 3 aliphatic rings. The number of carboxylic acids is 4. The Morgan fingerprint density at radius 1 is 0.382 bits per heavy atom. The summed E-state index contributed by atoms with van der Waals surface area (Å²) >= 11 is 0. The number of hydrogen-bond donors (Lipinski definition) is 8. The first-order chi connectivity index (χ1) is 62.5. The smallest absolute Gasteiger partial charge is 0.481 e. The van der Waals surface area contributed by atoms with E-state index in [2.05, 4.69) is 49.9 Å². The summed E-state index contributed by atoms with van der Waals surface area (Å²) in [5.41, 5.74) is 31.9. The fourth-order valence-corrected chi connectivity index (χ4v) is 13.2. The lowest BCUT2D eigenvalue weighted by Gasteiger charge is -2.16. The summed E-state index contributed by atoms with van der Waals surface area (Å²) in [6, 6.07) is 64.1. The van der Waals surface area contributed by atoms with E-state index in [4.69, 9.17) is 57.7 Å². The summed E-state index contributed by atoms with van der Waals surface area (Å²) in [5.74, 6) is -5.32. The zero-order valence-electron chi connectivity index (χ0n) is 70.5. The van der Waals surface area contributed by atoms with Crippen LogP contribution < -0.4 is 22.9 Å². The molecule has 0 radical (unpaired) electrons. The molecule has 1 aliphatic heterocycles. The van der Waals surface area contributed by atoms with Crippen LogP contribution in [0.2, 0.25) is 0 Å². The molecule has 1 fully saturated rings. The molecule has 2 aliphatic carbocycles. The van der Waals surface area contributed by atoms with E-state index in [1.807, 2.05) is 72.8 Å². The number of para-hydroxylation sites is 6. The Morgan fingerprint density at radius 3 is 0.832 bits per heavy atom. The van der Waals surface area contributed by atoms with Crippen molar-refractivity contribution in [3.63, 3.8) is 0 Å². The first kappa shape index (κ1) is 105. The molecule has 0 spiro atoms. The largest absolute Gasteiger partial charge is 0.533 e. The molecule has 131 heavy (non-hydrogen) atoms. The minimum atomic E-state index is -1.08. The molecule has 13 rings (SSSR count). The average molecular weight is 1820 g/mol. The van der Waals surface area contributed by atoms with E-state index in [9.17, 15) is 109 Å². The van der Waals surface area contributed by atoms with Gasteiger partial charge in [0, 0.05) is 110 Å². The summed E-state index contributed by atoms with van der Waals surface area (Å²) in [6.45, 7) is 11.1. The Morgan fingerprint density at radius 2 is 0.611 bits per heavy atom. The topological polar surface area (TPSA) is 649 Å². The Hall–Kier alpha value is -16.5. The third kappa shape index (κ3) is 32.1. The number of nitro groups is 6. The highest BCUT2D eigenvalue weighted by molar-refractivity contribution is 6.01. The molecule has 1 saturated heterocycles. The molecule has 2 amide bonds. The van der Waals surface area contributed by atoms with Crippen LogP contribution in [0.1, 0.15) is 163 Å². The Balaban J connectivity index is 0.000000391. The minimum absolute atomic E-state index is 0. The van der Waals surface area contributed by atoms with Gasteiger partial charge in [0.15, 0.2) is 12.6 Å². The minimum Gasteiger partial charge on any atom is -0.481 e. The molecule has 4 unspecified atom stereocenters. The van der Waals surface area contributed by atoms with E-state index < -0.39 is 95.6 Å². The average Bonchev–Trinajstić information content (AvgIpc) is 1.62. The maximum atomic E-state index is 11.9. The van der Waals surface area contributed by atoms with Crippen LogP contribution in [0.15, 0.2) is 243 Å². The Bertz CT molecular complexity index is 5240. The summed E-state index contributed by atoms with van der Waals surface area (Å²) in [5, 5.41) is 97.5. The lowest BCUT2D eigenvalue weighted by atomic mass is 9.98. The number of hydroxylamine groups is 2. The van der Waals surface area contributed by atoms with Gasteiger partial charge >= 0.3 is 30.0 Å². The van der Waals surface area contributed by atoms with Gasteiger partial charge in [0.1, 0.15) is 13.2 Å². The first-order valence-corrected chi connectivity index (χ1v) is 39.5. The monoisotopic (exact) mass is 1810 g/mol. The lowest BCUT2D eigenvalue weighted by molar-refractivity contribution is -0.385. The van der Waals surface area contributed by atoms with Crippen LogP contribution >= 0.6 is 0 Å². The van der Waals surface area contributed by atoms with Crippen LogP contribution in [0.4, 0.5) is 38.9 Å². The summed E-state index contributed by atoms with van der Waals surface area (Å²) < 4.78 is 10.1. The van der Waals surface area contributed by atoms with Gasteiger partial charge in [0.2, 0.25) is 0 Å². The van der Waals surface area contributed by atoms with Crippen LogP contribution in [0.3, 0.4) is 0 Å². The van der Waals surface area contributed by atoms with E-state index in [0.29, 0.717) is 30.7 Å². The number of nitro benzene ring substituents is 6. The maximum Gasteiger partial charge on any atom is 0.533 e. The van der Waals surface area contributed by atoms with E-state index >= 15 is 0 Å². The number of hydrogen-bond acceptors (Lipinski definition) is 30. The van der Waals surface area contributed by atoms with Crippen molar-refractivity contribution >= 4 is 95.0 Å². The molecule has 10 aromatic rings. The highest BCUT2D eigenvalue weighted by Gasteiger charge is 2.36. The normalized spacial score (nSPS) is 12.3. The number of amides is 2.